The third-order valence-corrected chi connectivity index (χ3v) is 8.80. The highest BCUT2D eigenvalue weighted by Crippen LogP contribution is 2.38. The molecule has 3 aromatic rings. The Hall–Kier alpha value is -4.81. The maximum absolute atomic E-state index is 14.3. The second-order valence-corrected chi connectivity index (χ2v) is 12.2. The zero-order chi connectivity index (χ0) is 35.3. The predicted octanol–water partition coefficient (Wildman–Crippen LogP) is 1.85. The number of anilines is 2. The number of nitrogens with zero attached hydrogens (tertiary/aromatic N) is 8. The van der Waals surface area contributed by atoms with Gasteiger partial charge in [-0.25, -0.2) is 19.3 Å². The summed E-state index contributed by atoms with van der Waals surface area (Å²) in [7, 11) is 1.09. The summed E-state index contributed by atoms with van der Waals surface area (Å²) in [6.45, 7) is 7.29. The minimum Gasteiger partial charge on any atom is -0.453 e. The summed E-state index contributed by atoms with van der Waals surface area (Å²) < 4.78 is 54.4. The van der Waals surface area contributed by atoms with Gasteiger partial charge in [-0.2, -0.15) is 13.2 Å². The zero-order valence-electron chi connectivity index (χ0n) is 27.6. The molecule has 6 rings (SSSR count). The van der Waals surface area contributed by atoms with Crippen LogP contribution in [0, 0.1) is 0 Å². The van der Waals surface area contributed by atoms with Crippen LogP contribution in [0.15, 0.2) is 36.7 Å². The number of fused-ring (bicyclic) bond motifs is 1. The molecule has 3 amide bonds. The number of hydrogen-bond acceptors (Lipinski definition) is 11. The van der Waals surface area contributed by atoms with Crippen LogP contribution < -0.4 is 15.5 Å². The summed E-state index contributed by atoms with van der Waals surface area (Å²) in [5, 5.41) is 9.31. The summed E-state index contributed by atoms with van der Waals surface area (Å²) in [6, 6.07) is 2.64. The number of ether oxygens (including phenoxy) is 2. The number of pyridine rings is 1. The molecule has 268 valence electrons. The Morgan fingerprint density at radius 3 is 2.46 bits per heavy atom. The first-order valence-electron chi connectivity index (χ1n) is 16.4. The van der Waals surface area contributed by atoms with Crippen LogP contribution in [0.25, 0.3) is 16.9 Å². The molecule has 3 aliphatic rings. The number of rotatable bonds is 10. The molecule has 3 fully saturated rings. The average molecular weight is 701 g/mol. The molecule has 3 saturated heterocycles. The Labute approximate surface area is 286 Å². The predicted molar refractivity (Wildman–Crippen MR) is 175 cm³/mol. The van der Waals surface area contributed by atoms with Crippen molar-refractivity contribution in [1.82, 2.24) is 39.6 Å². The van der Waals surface area contributed by atoms with E-state index >= 15 is 0 Å². The van der Waals surface area contributed by atoms with Crippen molar-refractivity contribution in [3.63, 3.8) is 0 Å². The third kappa shape index (κ3) is 8.48. The maximum atomic E-state index is 14.3. The van der Waals surface area contributed by atoms with Crippen LogP contribution in [0.5, 0.6) is 0 Å². The van der Waals surface area contributed by atoms with Crippen LogP contribution in [-0.2, 0) is 31.8 Å². The van der Waals surface area contributed by atoms with Gasteiger partial charge in [-0.1, -0.05) is 6.08 Å². The Balaban J connectivity index is 1.15. The van der Waals surface area contributed by atoms with Gasteiger partial charge in [-0.3, -0.25) is 24.7 Å². The molecule has 0 bridgehead atoms. The molecule has 0 atom stereocenters. The molecule has 0 aliphatic carbocycles. The van der Waals surface area contributed by atoms with E-state index in [1.807, 2.05) is 11.0 Å². The molecule has 0 aromatic carbocycles. The Bertz CT molecular complexity index is 1730. The van der Waals surface area contributed by atoms with Crippen LogP contribution >= 0.6 is 0 Å². The molecular weight excluding hydrogens is 661 g/mol. The van der Waals surface area contributed by atoms with E-state index in [1.54, 1.807) is 17.2 Å². The largest absolute Gasteiger partial charge is 0.453 e. The van der Waals surface area contributed by atoms with Crippen molar-refractivity contribution in [3.8, 4) is 11.4 Å². The Kier molecular flexibility index (Phi) is 10.8. The van der Waals surface area contributed by atoms with Crippen LogP contribution in [0.4, 0.5) is 29.6 Å². The lowest BCUT2D eigenvalue weighted by molar-refractivity contribution is -0.137. The van der Waals surface area contributed by atoms with Gasteiger partial charge in [0.15, 0.2) is 11.6 Å². The van der Waals surface area contributed by atoms with Gasteiger partial charge in [-0.05, 0) is 37.2 Å². The van der Waals surface area contributed by atoms with Crippen LogP contribution in [0.2, 0.25) is 0 Å². The SMILES string of the molecule is COC(=O)Nc1cc(C(F)(F)F)c(-c2nc(N3CCOCC3)c3cc(CN4CCN(C(=O)CNC(=O)/C=C/CN5CCC5)CC4)cn3n2)cn1. The highest BCUT2D eigenvalue weighted by molar-refractivity contribution is 5.91. The fourth-order valence-electron chi connectivity index (χ4n) is 5.96. The van der Waals surface area contributed by atoms with E-state index in [4.69, 9.17) is 4.74 Å². The number of morpholine rings is 1. The van der Waals surface area contributed by atoms with Crippen molar-refractivity contribution in [3.05, 3.63) is 47.8 Å². The number of likely N-dealkylation sites (tertiary alicyclic amines) is 1. The van der Waals surface area contributed by atoms with Gasteiger partial charge in [-0.15, -0.1) is 5.10 Å². The standard InChI is InChI=1S/C32H39F3N10O5/c1-49-31(48)38-26-17-24(32(33,34)35)23(18-36-26)29-39-30(44-12-14-50-15-13-44)25-16-22(21-45(25)40-29)20-42-8-10-43(11-9-42)28(47)19-37-27(46)4-2-5-41-6-3-7-41/h2,4,16-18,21H,3,5-15,19-20H2,1H3,(H,37,46)(H,36,38,48)/b4-2+. The van der Waals surface area contributed by atoms with Crippen LogP contribution in [0.3, 0.4) is 0 Å². The normalized spacial score (nSPS) is 17.6. The lowest BCUT2D eigenvalue weighted by Gasteiger charge is -2.34. The van der Waals surface area contributed by atoms with Crippen molar-refractivity contribution < 1.29 is 37.0 Å². The molecule has 0 radical (unpaired) electrons. The number of alkyl halides is 3. The second-order valence-electron chi connectivity index (χ2n) is 12.2. The summed E-state index contributed by atoms with van der Waals surface area (Å²) in [6.07, 6.45) is 1.45. The van der Waals surface area contributed by atoms with Crippen LogP contribution in [-0.4, -0.2) is 138 Å². The first-order valence-corrected chi connectivity index (χ1v) is 16.4. The summed E-state index contributed by atoms with van der Waals surface area (Å²) in [4.78, 5) is 53.2. The number of amides is 3. The molecule has 50 heavy (non-hydrogen) atoms. The van der Waals surface area contributed by atoms with E-state index < -0.39 is 17.8 Å². The van der Waals surface area contributed by atoms with E-state index in [2.05, 4.69) is 40.2 Å². The topological polar surface area (TPSA) is 150 Å². The second kappa shape index (κ2) is 15.4. The van der Waals surface area contributed by atoms with Crippen molar-refractivity contribution in [1.29, 1.82) is 0 Å². The lowest BCUT2D eigenvalue weighted by atomic mass is 10.1. The van der Waals surface area contributed by atoms with Gasteiger partial charge in [0, 0.05) is 70.8 Å². The van der Waals surface area contributed by atoms with E-state index in [9.17, 15) is 27.6 Å². The molecule has 0 unspecified atom stereocenters. The number of methoxy groups -OCH3 is 1. The Morgan fingerprint density at radius 1 is 1.02 bits per heavy atom. The number of carbonyl (C=O) groups is 3. The third-order valence-electron chi connectivity index (χ3n) is 8.80. The molecule has 2 N–H and O–H groups in total. The monoisotopic (exact) mass is 700 g/mol. The van der Waals surface area contributed by atoms with Gasteiger partial charge in [0.05, 0.1) is 38.0 Å². The van der Waals surface area contributed by atoms with E-state index in [-0.39, 0.29) is 35.6 Å². The first-order chi connectivity index (χ1) is 24.1. The number of hydrogen-bond donors (Lipinski definition) is 2. The highest BCUT2D eigenvalue weighted by Gasteiger charge is 2.36. The van der Waals surface area contributed by atoms with Crippen molar-refractivity contribution >= 4 is 35.1 Å². The molecule has 3 aliphatic heterocycles. The molecule has 6 heterocycles. The van der Waals surface area contributed by atoms with E-state index in [1.165, 1.54) is 17.0 Å². The zero-order valence-corrected chi connectivity index (χ0v) is 27.6. The number of carbonyl (C=O) groups excluding carboxylic acids is 3. The molecule has 15 nitrogen and oxygen atoms in total. The van der Waals surface area contributed by atoms with Gasteiger partial charge in [0.2, 0.25) is 11.8 Å². The molecule has 3 aromatic heterocycles. The molecule has 0 spiro atoms. The number of nitrogens with one attached hydrogen (secondary N) is 2. The van der Waals surface area contributed by atoms with E-state index in [0.29, 0.717) is 70.4 Å². The number of aromatic nitrogens is 4. The smallest absolute Gasteiger partial charge is 0.417 e. The van der Waals surface area contributed by atoms with E-state index in [0.717, 1.165) is 44.6 Å². The number of halogens is 3. The quantitative estimate of drug-likeness (QED) is 0.299. The van der Waals surface area contributed by atoms with Gasteiger partial charge in [0.1, 0.15) is 11.3 Å². The summed E-state index contributed by atoms with van der Waals surface area (Å²) in [5.74, 6) is -0.496. The fourth-order valence-corrected chi connectivity index (χ4v) is 5.96. The van der Waals surface area contributed by atoms with Crippen LogP contribution in [0.1, 0.15) is 17.5 Å². The van der Waals surface area contributed by atoms with Gasteiger partial charge in [0.25, 0.3) is 0 Å². The molecule has 18 heteroatoms. The Morgan fingerprint density at radius 2 is 1.78 bits per heavy atom. The maximum Gasteiger partial charge on any atom is 0.417 e. The summed E-state index contributed by atoms with van der Waals surface area (Å²) in [5.41, 5.74) is 0.0813. The highest BCUT2D eigenvalue weighted by atomic mass is 19.4. The van der Waals surface area contributed by atoms with Gasteiger partial charge < -0.3 is 24.6 Å². The summed E-state index contributed by atoms with van der Waals surface area (Å²) >= 11 is 0. The van der Waals surface area contributed by atoms with Gasteiger partial charge >= 0.3 is 12.3 Å². The minimum atomic E-state index is -4.80. The first kappa shape index (κ1) is 35.0. The van der Waals surface area contributed by atoms with Crippen molar-refractivity contribution in [2.24, 2.45) is 0 Å². The fraction of sp³-hybridized carbons (Fsp3) is 0.500. The molecule has 0 saturated carbocycles. The number of piperazine rings is 1. The molecular formula is C32H39F3N10O5. The average Bonchev–Trinajstić information content (AvgIpc) is 3.50. The minimum absolute atomic E-state index is 0.0703. The van der Waals surface area contributed by atoms with Crippen molar-refractivity contribution in [2.75, 3.05) is 96.0 Å². The van der Waals surface area contributed by atoms with Crippen molar-refractivity contribution in [2.45, 2.75) is 19.1 Å². The lowest BCUT2D eigenvalue weighted by Crippen LogP contribution is -2.50.